The molecule has 1 aliphatic heterocycles. The Balaban J connectivity index is 1.60. The van der Waals surface area contributed by atoms with E-state index < -0.39 is 23.7 Å². The van der Waals surface area contributed by atoms with E-state index in [0.717, 1.165) is 5.01 Å². The van der Waals surface area contributed by atoms with Crippen molar-refractivity contribution in [2.45, 2.75) is 64.7 Å². The number of anilines is 2. The summed E-state index contributed by atoms with van der Waals surface area (Å²) in [5.74, 6) is -0.658. The van der Waals surface area contributed by atoms with Crippen molar-refractivity contribution >= 4 is 33.9 Å². The summed E-state index contributed by atoms with van der Waals surface area (Å²) in [4.78, 5) is 8.43. The van der Waals surface area contributed by atoms with Gasteiger partial charge >= 0.3 is 6.18 Å². The Hall–Kier alpha value is -3.82. The highest BCUT2D eigenvalue weighted by Crippen LogP contribution is 2.53. The van der Waals surface area contributed by atoms with Crippen LogP contribution < -0.4 is 21.6 Å². The van der Waals surface area contributed by atoms with Gasteiger partial charge in [0.15, 0.2) is 5.54 Å². The van der Waals surface area contributed by atoms with Gasteiger partial charge in [-0.05, 0) is 42.9 Å². The van der Waals surface area contributed by atoms with Crippen molar-refractivity contribution in [2.24, 2.45) is 5.41 Å². The van der Waals surface area contributed by atoms with Gasteiger partial charge in [0.2, 0.25) is 5.95 Å². The Labute approximate surface area is 246 Å². The van der Waals surface area contributed by atoms with Crippen molar-refractivity contribution in [1.82, 2.24) is 25.9 Å². The fraction of sp³-hybridized carbons (Fsp3) is 0.414. The van der Waals surface area contributed by atoms with Gasteiger partial charge in [0.05, 0.1) is 33.5 Å². The number of nitrogens with one attached hydrogen (secondary N) is 4. The highest BCUT2D eigenvalue weighted by atomic mass is 35.5. The molecule has 0 spiro atoms. The summed E-state index contributed by atoms with van der Waals surface area (Å²) >= 11 is 6.68. The standard InChI is InChI=1S/C29H31ClF4N8/c1-5-21-18(6-7-23(31)39-21)26(22-14-42(41-40-22)28(8-9-28)29(32,33)34)38-17-10-19-24(37-15-27(2,3)4)16(12-35)13-36-25(19)20(30)11-17/h6-7,10-11,13-14,26,38,40-41H,5,8-9,15H2,1-4H3,(H,36,37)/t26-/m0/s1. The molecule has 1 atom stereocenters. The van der Waals surface area contributed by atoms with Crippen LogP contribution in [0.2, 0.25) is 5.02 Å². The predicted octanol–water partition coefficient (Wildman–Crippen LogP) is 6.73. The van der Waals surface area contributed by atoms with Crippen molar-refractivity contribution < 1.29 is 17.6 Å². The van der Waals surface area contributed by atoms with Crippen LogP contribution in [-0.2, 0) is 6.42 Å². The number of aromatic nitrogens is 2. The van der Waals surface area contributed by atoms with E-state index >= 15 is 0 Å². The number of rotatable bonds is 8. The maximum absolute atomic E-state index is 14.1. The first-order chi connectivity index (χ1) is 19.8. The monoisotopic (exact) mass is 602 g/mol. The largest absolute Gasteiger partial charge is 0.413 e. The highest BCUT2D eigenvalue weighted by molar-refractivity contribution is 6.35. The third kappa shape index (κ3) is 5.63. The minimum atomic E-state index is -4.43. The third-order valence-corrected chi connectivity index (χ3v) is 7.67. The fourth-order valence-corrected chi connectivity index (χ4v) is 5.25. The summed E-state index contributed by atoms with van der Waals surface area (Å²) in [6, 6.07) is 7.64. The van der Waals surface area contributed by atoms with Crippen LogP contribution in [0.25, 0.3) is 10.9 Å². The van der Waals surface area contributed by atoms with Gasteiger partial charge in [0.25, 0.3) is 0 Å². The number of halogens is 5. The van der Waals surface area contributed by atoms with Crippen LogP contribution in [0.4, 0.5) is 28.9 Å². The zero-order valence-electron chi connectivity index (χ0n) is 23.5. The quantitative estimate of drug-likeness (QED) is 0.166. The Morgan fingerprint density at radius 1 is 1.21 bits per heavy atom. The molecule has 42 heavy (non-hydrogen) atoms. The molecule has 3 aromatic rings. The van der Waals surface area contributed by atoms with Crippen molar-refractivity contribution in [1.29, 1.82) is 5.26 Å². The number of aryl methyl sites for hydroxylation is 1. The summed E-state index contributed by atoms with van der Waals surface area (Å²) in [5.41, 5.74) is 6.75. The molecule has 0 amide bonds. The molecule has 13 heteroatoms. The van der Waals surface area contributed by atoms with Gasteiger partial charge in [-0.2, -0.15) is 22.8 Å². The summed E-state index contributed by atoms with van der Waals surface area (Å²) in [5, 5.41) is 18.5. The molecule has 0 saturated heterocycles. The van der Waals surface area contributed by atoms with E-state index in [1.165, 1.54) is 18.5 Å². The fourth-order valence-electron chi connectivity index (χ4n) is 4.98. The van der Waals surface area contributed by atoms with E-state index in [-0.39, 0.29) is 18.3 Å². The molecule has 4 N–H and O–H groups in total. The van der Waals surface area contributed by atoms with Crippen LogP contribution >= 0.6 is 11.6 Å². The predicted molar refractivity (Wildman–Crippen MR) is 154 cm³/mol. The molecule has 0 unspecified atom stereocenters. The van der Waals surface area contributed by atoms with Crippen molar-refractivity contribution in [3.8, 4) is 6.07 Å². The first kappa shape index (κ1) is 29.7. The van der Waals surface area contributed by atoms with Crippen LogP contribution in [0.3, 0.4) is 0 Å². The lowest BCUT2D eigenvalue weighted by Gasteiger charge is -2.28. The van der Waals surface area contributed by atoms with Gasteiger partial charge in [0, 0.05) is 41.3 Å². The number of pyridine rings is 2. The minimum Gasteiger partial charge on any atom is -0.383 e. The second-order valence-corrected chi connectivity index (χ2v) is 12.2. The van der Waals surface area contributed by atoms with Gasteiger partial charge in [-0.25, -0.2) is 4.98 Å². The van der Waals surface area contributed by atoms with Crippen LogP contribution in [0.1, 0.15) is 63.4 Å². The van der Waals surface area contributed by atoms with Gasteiger partial charge in [0.1, 0.15) is 6.07 Å². The van der Waals surface area contributed by atoms with Crippen LogP contribution in [-0.4, -0.2) is 33.2 Å². The van der Waals surface area contributed by atoms with Gasteiger partial charge < -0.3 is 16.1 Å². The first-order valence-corrected chi connectivity index (χ1v) is 13.9. The van der Waals surface area contributed by atoms with Crippen molar-refractivity contribution in [3.05, 3.63) is 70.2 Å². The van der Waals surface area contributed by atoms with Gasteiger partial charge in [-0.1, -0.05) is 45.4 Å². The molecule has 2 aliphatic rings. The lowest BCUT2D eigenvalue weighted by molar-refractivity contribution is -0.195. The average Bonchev–Trinajstić information content (AvgIpc) is 3.61. The van der Waals surface area contributed by atoms with Gasteiger partial charge in [-0.3, -0.25) is 9.99 Å². The smallest absolute Gasteiger partial charge is 0.383 e. The average molecular weight is 603 g/mol. The Morgan fingerprint density at radius 3 is 2.57 bits per heavy atom. The minimum absolute atomic E-state index is 0.0375. The van der Waals surface area contributed by atoms with Crippen molar-refractivity contribution in [3.63, 3.8) is 0 Å². The number of alkyl halides is 3. The SMILES string of the molecule is CCc1nc(F)ccc1[C@H](Nc1cc(Cl)c2ncc(C#N)c(NCC(C)(C)C)c2c1)C1=CN(C2(C(F)(F)F)CC2)NN1. The van der Waals surface area contributed by atoms with Crippen molar-refractivity contribution in [2.75, 3.05) is 17.2 Å². The maximum atomic E-state index is 14.1. The number of hydrogen-bond donors (Lipinski definition) is 4. The number of fused-ring (bicyclic) bond motifs is 1. The Kier molecular flexibility index (Phi) is 7.62. The van der Waals surface area contributed by atoms with E-state index in [0.29, 0.717) is 62.8 Å². The van der Waals surface area contributed by atoms with E-state index in [1.807, 2.05) is 6.92 Å². The Bertz CT molecular complexity index is 1590. The molecule has 1 saturated carbocycles. The number of benzene rings is 1. The molecule has 1 aromatic carbocycles. The zero-order valence-corrected chi connectivity index (χ0v) is 24.3. The molecule has 8 nitrogen and oxygen atoms in total. The molecule has 1 aliphatic carbocycles. The third-order valence-electron chi connectivity index (χ3n) is 7.39. The summed E-state index contributed by atoms with van der Waals surface area (Å²) < 4.78 is 55.7. The second-order valence-electron chi connectivity index (χ2n) is 11.7. The maximum Gasteiger partial charge on any atom is 0.413 e. The first-order valence-electron chi connectivity index (χ1n) is 13.5. The topological polar surface area (TPSA) is 101 Å². The number of nitrogens with zero attached hydrogens (tertiary/aromatic N) is 4. The zero-order chi connectivity index (χ0) is 30.4. The molecular formula is C29H31ClF4N8. The second kappa shape index (κ2) is 10.8. The number of nitriles is 1. The molecular weight excluding hydrogens is 572 g/mol. The lowest BCUT2D eigenvalue weighted by atomic mass is 9.96. The van der Waals surface area contributed by atoms with E-state index in [1.54, 1.807) is 18.2 Å². The molecule has 1 fully saturated rings. The van der Waals surface area contributed by atoms with Crippen LogP contribution in [0, 0.1) is 22.7 Å². The van der Waals surface area contributed by atoms with Crippen LogP contribution in [0.5, 0.6) is 0 Å². The molecule has 222 valence electrons. The highest BCUT2D eigenvalue weighted by Gasteiger charge is 2.67. The molecule has 0 bridgehead atoms. The molecule has 2 aromatic heterocycles. The van der Waals surface area contributed by atoms with E-state index in [2.05, 4.69) is 58.4 Å². The molecule has 5 rings (SSSR count). The van der Waals surface area contributed by atoms with Gasteiger partial charge in [-0.15, -0.1) is 5.53 Å². The Morgan fingerprint density at radius 2 is 1.95 bits per heavy atom. The van der Waals surface area contributed by atoms with E-state index in [9.17, 15) is 22.8 Å². The number of hydrogen-bond acceptors (Lipinski definition) is 8. The summed E-state index contributed by atoms with van der Waals surface area (Å²) in [7, 11) is 0. The normalized spacial score (nSPS) is 17.0. The molecule has 0 radical (unpaired) electrons. The van der Waals surface area contributed by atoms with E-state index in [4.69, 9.17) is 11.6 Å². The molecule has 3 heterocycles. The summed E-state index contributed by atoms with van der Waals surface area (Å²) in [6.45, 7) is 8.57. The lowest BCUT2D eigenvalue weighted by Crippen LogP contribution is -2.52. The summed E-state index contributed by atoms with van der Waals surface area (Å²) in [6.07, 6.45) is -1.27. The number of hydrazine groups is 2. The van der Waals surface area contributed by atoms with Crippen LogP contribution in [0.15, 0.2) is 42.4 Å².